The first kappa shape index (κ1) is 17.4. The summed E-state index contributed by atoms with van der Waals surface area (Å²) in [6, 6.07) is 1.58. The fourth-order valence-corrected chi connectivity index (χ4v) is 3.86. The maximum absolute atomic E-state index is 12.7. The fourth-order valence-electron chi connectivity index (χ4n) is 1.84. The highest BCUT2D eigenvalue weighted by atomic mass is 79.9. The second-order valence-corrected chi connectivity index (χ2v) is 8.78. The third-order valence-electron chi connectivity index (χ3n) is 2.55. The van der Waals surface area contributed by atoms with Gasteiger partial charge in [0.1, 0.15) is 10.7 Å². The Bertz CT molecular complexity index is 567. The molecule has 20 heavy (non-hydrogen) atoms. The summed E-state index contributed by atoms with van der Waals surface area (Å²) < 4.78 is 27.4. The van der Waals surface area contributed by atoms with E-state index in [0.29, 0.717) is 23.4 Å². The van der Waals surface area contributed by atoms with Crippen LogP contribution in [0.4, 0.5) is 5.82 Å². The smallest absolute Gasteiger partial charge is 0.246 e. The molecule has 1 aromatic rings. The summed E-state index contributed by atoms with van der Waals surface area (Å²) in [5, 5.41) is 2.99. The fraction of sp³-hybridized carbons (Fsp3) is 0.615. The van der Waals surface area contributed by atoms with Crippen LogP contribution in [0.1, 0.15) is 27.7 Å². The second kappa shape index (κ2) is 6.41. The van der Waals surface area contributed by atoms with Gasteiger partial charge in [-0.05, 0) is 34.3 Å². The molecule has 0 aromatic carbocycles. The van der Waals surface area contributed by atoms with Crippen LogP contribution in [0, 0.1) is 5.41 Å². The van der Waals surface area contributed by atoms with Gasteiger partial charge in [0.05, 0.1) is 0 Å². The number of rotatable bonds is 5. The Kier molecular flexibility index (Phi) is 5.57. The summed E-state index contributed by atoms with van der Waals surface area (Å²) in [6.07, 6.45) is 1.58. The molecule has 0 aliphatic rings. The lowest BCUT2D eigenvalue weighted by Gasteiger charge is -2.26. The molecular weight excluding hydrogens is 342 g/mol. The molecule has 0 fully saturated rings. The number of anilines is 1. The minimum absolute atomic E-state index is 0.111. The monoisotopic (exact) mass is 363 g/mol. The topological polar surface area (TPSA) is 62.3 Å². The molecule has 0 aliphatic heterocycles. The normalized spacial score (nSPS) is 12.8. The van der Waals surface area contributed by atoms with Crippen LogP contribution >= 0.6 is 15.9 Å². The van der Waals surface area contributed by atoms with E-state index in [1.54, 1.807) is 19.3 Å². The van der Waals surface area contributed by atoms with E-state index in [1.807, 2.05) is 27.7 Å². The van der Waals surface area contributed by atoms with Gasteiger partial charge in [0.25, 0.3) is 0 Å². The Morgan fingerprint density at radius 1 is 1.40 bits per heavy atom. The number of sulfonamides is 1. The van der Waals surface area contributed by atoms with Crippen LogP contribution < -0.4 is 5.32 Å². The zero-order chi connectivity index (χ0) is 15.6. The minimum Gasteiger partial charge on any atom is -0.369 e. The maximum Gasteiger partial charge on any atom is 0.246 e. The number of nitrogens with one attached hydrogen (secondary N) is 1. The van der Waals surface area contributed by atoms with Crippen molar-refractivity contribution in [3.8, 4) is 0 Å². The third kappa shape index (κ3) is 4.43. The number of halogens is 1. The summed E-state index contributed by atoms with van der Waals surface area (Å²) in [7, 11) is -1.97. The Morgan fingerprint density at radius 3 is 2.50 bits per heavy atom. The van der Waals surface area contributed by atoms with Crippen molar-refractivity contribution in [1.82, 2.24) is 9.29 Å². The highest BCUT2D eigenvalue weighted by molar-refractivity contribution is 9.10. The maximum atomic E-state index is 12.7. The average Bonchev–Trinajstić information content (AvgIpc) is 2.29. The van der Waals surface area contributed by atoms with E-state index < -0.39 is 10.0 Å². The highest BCUT2D eigenvalue weighted by Crippen LogP contribution is 2.27. The minimum atomic E-state index is -3.57. The van der Waals surface area contributed by atoms with Gasteiger partial charge in [-0.3, -0.25) is 0 Å². The van der Waals surface area contributed by atoms with E-state index in [-0.39, 0.29) is 10.3 Å². The van der Waals surface area contributed by atoms with E-state index in [4.69, 9.17) is 0 Å². The van der Waals surface area contributed by atoms with Crippen molar-refractivity contribution in [2.24, 2.45) is 5.41 Å². The number of pyridine rings is 1. The first-order valence-corrected chi connectivity index (χ1v) is 8.67. The van der Waals surface area contributed by atoms with Gasteiger partial charge in [-0.2, -0.15) is 0 Å². The predicted octanol–water partition coefficient (Wildman–Crippen LogP) is 2.94. The van der Waals surface area contributed by atoms with Crippen LogP contribution in [0.15, 0.2) is 21.6 Å². The van der Waals surface area contributed by atoms with Gasteiger partial charge < -0.3 is 5.32 Å². The van der Waals surface area contributed by atoms with Crippen LogP contribution in [-0.4, -0.2) is 37.8 Å². The van der Waals surface area contributed by atoms with Gasteiger partial charge in [0, 0.05) is 30.8 Å². The van der Waals surface area contributed by atoms with Crippen molar-refractivity contribution in [2.75, 3.05) is 25.5 Å². The van der Waals surface area contributed by atoms with E-state index in [9.17, 15) is 8.42 Å². The van der Waals surface area contributed by atoms with Gasteiger partial charge in [0.2, 0.25) is 10.0 Å². The number of aromatic nitrogens is 1. The van der Waals surface area contributed by atoms with Gasteiger partial charge in [-0.15, -0.1) is 0 Å². The van der Waals surface area contributed by atoms with E-state index in [1.165, 1.54) is 4.31 Å². The SMILES string of the molecule is CCNc1ncc(Br)cc1S(=O)(=O)N(C)CC(C)(C)C. The molecule has 0 amide bonds. The molecule has 0 bridgehead atoms. The molecule has 5 nitrogen and oxygen atoms in total. The zero-order valence-corrected chi connectivity index (χ0v) is 15.0. The quantitative estimate of drug-likeness (QED) is 0.873. The van der Waals surface area contributed by atoms with Gasteiger partial charge >= 0.3 is 0 Å². The van der Waals surface area contributed by atoms with Crippen molar-refractivity contribution in [3.05, 3.63) is 16.7 Å². The van der Waals surface area contributed by atoms with E-state index >= 15 is 0 Å². The Hall–Kier alpha value is -0.660. The second-order valence-electron chi connectivity index (χ2n) is 5.85. The van der Waals surface area contributed by atoms with Crippen LogP contribution in [0.2, 0.25) is 0 Å². The van der Waals surface area contributed by atoms with Crippen molar-refractivity contribution in [2.45, 2.75) is 32.6 Å². The molecule has 1 aromatic heterocycles. The molecule has 1 rings (SSSR count). The molecule has 0 radical (unpaired) electrons. The van der Waals surface area contributed by atoms with Crippen molar-refractivity contribution < 1.29 is 8.42 Å². The molecule has 0 saturated heterocycles. The average molecular weight is 364 g/mol. The van der Waals surface area contributed by atoms with Crippen molar-refractivity contribution in [3.63, 3.8) is 0 Å². The molecule has 114 valence electrons. The highest BCUT2D eigenvalue weighted by Gasteiger charge is 2.28. The summed E-state index contributed by atoms with van der Waals surface area (Å²) in [6.45, 7) is 8.96. The van der Waals surface area contributed by atoms with Crippen molar-refractivity contribution in [1.29, 1.82) is 0 Å². The zero-order valence-electron chi connectivity index (χ0n) is 12.6. The molecule has 0 saturated carbocycles. The number of hydrogen-bond acceptors (Lipinski definition) is 4. The van der Waals surface area contributed by atoms with Crippen LogP contribution in [0.25, 0.3) is 0 Å². The lowest BCUT2D eigenvalue weighted by Crippen LogP contribution is -2.35. The number of hydrogen-bond donors (Lipinski definition) is 1. The van der Waals surface area contributed by atoms with Crippen molar-refractivity contribution >= 4 is 31.8 Å². The number of nitrogens with zero attached hydrogens (tertiary/aromatic N) is 2. The van der Waals surface area contributed by atoms with Gasteiger partial charge in [0.15, 0.2) is 0 Å². The predicted molar refractivity (Wildman–Crippen MR) is 85.4 cm³/mol. The summed E-state index contributed by atoms with van der Waals surface area (Å²) in [4.78, 5) is 4.34. The molecule has 0 aliphatic carbocycles. The molecule has 1 N–H and O–H groups in total. The summed E-state index contributed by atoms with van der Waals surface area (Å²) >= 11 is 3.28. The largest absolute Gasteiger partial charge is 0.369 e. The van der Waals surface area contributed by atoms with Gasteiger partial charge in [-0.1, -0.05) is 20.8 Å². The Morgan fingerprint density at radius 2 is 2.00 bits per heavy atom. The Balaban J connectivity index is 3.23. The summed E-state index contributed by atoms with van der Waals surface area (Å²) in [5.74, 6) is 0.386. The Labute approximate surface area is 130 Å². The van der Waals surface area contributed by atoms with E-state index in [0.717, 1.165) is 0 Å². The molecule has 1 heterocycles. The molecular formula is C13H22BrN3O2S. The summed E-state index contributed by atoms with van der Waals surface area (Å²) in [5.41, 5.74) is -0.111. The van der Waals surface area contributed by atoms with Crippen LogP contribution in [0.5, 0.6) is 0 Å². The van der Waals surface area contributed by atoms with Gasteiger partial charge in [-0.25, -0.2) is 17.7 Å². The molecule has 0 spiro atoms. The third-order valence-corrected chi connectivity index (χ3v) is 4.80. The first-order valence-electron chi connectivity index (χ1n) is 6.43. The molecule has 7 heteroatoms. The van der Waals surface area contributed by atoms with Crippen LogP contribution in [0.3, 0.4) is 0 Å². The lowest BCUT2D eigenvalue weighted by atomic mass is 9.97. The standard InChI is InChI=1S/C13H22BrN3O2S/c1-6-15-12-11(7-10(14)8-16-12)20(18,19)17(5)9-13(2,3)4/h7-8H,6,9H2,1-5H3,(H,15,16). The first-order chi connectivity index (χ1) is 9.08. The van der Waals surface area contributed by atoms with E-state index in [2.05, 4.69) is 26.2 Å². The molecule has 0 unspecified atom stereocenters. The van der Waals surface area contributed by atoms with Crippen LogP contribution in [-0.2, 0) is 10.0 Å². The lowest BCUT2D eigenvalue weighted by molar-refractivity contribution is 0.311. The molecule has 0 atom stereocenters.